The van der Waals surface area contributed by atoms with E-state index in [1.165, 1.54) is 51.4 Å². The second-order valence-corrected chi connectivity index (χ2v) is 5.33. The highest BCUT2D eigenvalue weighted by Gasteiger charge is 2.07. The van der Waals surface area contributed by atoms with Crippen molar-refractivity contribution >= 4 is 17.3 Å². The molecule has 0 aromatic heterocycles. The minimum atomic E-state index is 0.930. The van der Waals surface area contributed by atoms with E-state index < -0.39 is 0 Å². The lowest BCUT2D eigenvalue weighted by Crippen LogP contribution is -2.40. The summed E-state index contributed by atoms with van der Waals surface area (Å²) < 4.78 is 0. The van der Waals surface area contributed by atoms with Gasteiger partial charge < -0.3 is 10.2 Å². The van der Waals surface area contributed by atoms with Crippen LogP contribution in [0.2, 0.25) is 0 Å². The lowest BCUT2D eigenvalue weighted by molar-refractivity contribution is 0.382. The van der Waals surface area contributed by atoms with Crippen LogP contribution in [0.3, 0.4) is 0 Å². The Balaban J connectivity index is 3.88. The molecule has 0 amide bonds. The molecule has 0 unspecified atom stereocenters. The smallest absolute Gasteiger partial charge is 0.168 e. The highest BCUT2D eigenvalue weighted by molar-refractivity contribution is 7.80. The summed E-state index contributed by atoms with van der Waals surface area (Å²) in [4.78, 5) is 2.37. The molecule has 0 spiro atoms. The predicted molar refractivity (Wildman–Crippen MR) is 86.1 cm³/mol. The van der Waals surface area contributed by atoms with Crippen molar-refractivity contribution in [3.05, 3.63) is 0 Å². The minimum Gasteiger partial charge on any atom is -0.363 e. The normalized spacial score (nSPS) is 10.4. The number of nitrogens with one attached hydrogen (secondary N) is 1. The van der Waals surface area contributed by atoms with Crippen LogP contribution in [0.5, 0.6) is 0 Å². The molecule has 0 radical (unpaired) electrons. The van der Waals surface area contributed by atoms with Crippen molar-refractivity contribution in [1.29, 1.82) is 0 Å². The van der Waals surface area contributed by atoms with E-state index in [1.54, 1.807) is 0 Å². The monoisotopic (exact) mass is 272 g/mol. The largest absolute Gasteiger partial charge is 0.363 e. The molecule has 0 fully saturated rings. The van der Waals surface area contributed by atoms with Crippen molar-refractivity contribution in [2.24, 2.45) is 0 Å². The molecule has 108 valence electrons. The summed E-state index contributed by atoms with van der Waals surface area (Å²) in [7, 11) is 0. The van der Waals surface area contributed by atoms with E-state index in [1.807, 2.05) is 0 Å². The Labute approximate surface area is 120 Å². The molecule has 2 nitrogen and oxygen atoms in total. The molecule has 0 aliphatic carbocycles. The van der Waals surface area contributed by atoms with Gasteiger partial charge in [-0.3, -0.25) is 0 Å². The lowest BCUT2D eigenvalue weighted by Gasteiger charge is -2.25. The fourth-order valence-corrected chi connectivity index (χ4v) is 2.36. The first-order chi connectivity index (χ1) is 8.76. The van der Waals surface area contributed by atoms with E-state index in [4.69, 9.17) is 12.2 Å². The van der Waals surface area contributed by atoms with Gasteiger partial charge in [0.05, 0.1) is 0 Å². The molecule has 0 rings (SSSR count). The van der Waals surface area contributed by atoms with Gasteiger partial charge in [-0.15, -0.1) is 0 Å². The third-order valence-electron chi connectivity index (χ3n) is 3.18. The van der Waals surface area contributed by atoms with E-state index >= 15 is 0 Å². The first-order valence-electron chi connectivity index (χ1n) is 7.79. The average molecular weight is 273 g/mol. The molecule has 0 atom stereocenters. The van der Waals surface area contributed by atoms with Gasteiger partial charge in [-0.2, -0.15) is 0 Å². The van der Waals surface area contributed by atoms with Crippen LogP contribution in [0.4, 0.5) is 0 Å². The zero-order valence-corrected chi connectivity index (χ0v) is 13.5. The molecule has 0 heterocycles. The Morgan fingerprint density at radius 2 is 1.33 bits per heavy atom. The molecule has 0 saturated carbocycles. The SMILES string of the molecule is CCCCCCN(CCCCCC)C(=S)NCC. The van der Waals surface area contributed by atoms with E-state index in [0.717, 1.165) is 24.7 Å². The zero-order valence-electron chi connectivity index (χ0n) is 12.6. The highest BCUT2D eigenvalue weighted by Crippen LogP contribution is 2.05. The fourth-order valence-electron chi connectivity index (χ4n) is 2.04. The van der Waals surface area contributed by atoms with Crippen LogP contribution >= 0.6 is 12.2 Å². The molecule has 0 bridgehead atoms. The third-order valence-corrected chi connectivity index (χ3v) is 3.58. The third kappa shape index (κ3) is 9.69. The van der Waals surface area contributed by atoms with Gasteiger partial charge in [-0.1, -0.05) is 52.4 Å². The van der Waals surface area contributed by atoms with Crippen molar-refractivity contribution in [3.8, 4) is 0 Å². The quantitative estimate of drug-likeness (QED) is 0.445. The van der Waals surface area contributed by atoms with Crippen LogP contribution in [-0.4, -0.2) is 29.6 Å². The van der Waals surface area contributed by atoms with Gasteiger partial charge in [0.25, 0.3) is 0 Å². The van der Waals surface area contributed by atoms with E-state index in [-0.39, 0.29) is 0 Å². The van der Waals surface area contributed by atoms with Crippen molar-refractivity contribution < 1.29 is 0 Å². The summed E-state index contributed by atoms with van der Waals surface area (Å²) in [5, 5.41) is 4.23. The Hall–Kier alpha value is -0.310. The van der Waals surface area contributed by atoms with Gasteiger partial charge in [-0.05, 0) is 32.0 Å². The second-order valence-electron chi connectivity index (χ2n) is 4.94. The molecule has 0 saturated heterocycles. The summed E-state index contributed by atoms with van der Waals surface area (Å²) in [5.74, 6) is 0. The van der Waals surface area contributed by atoms with Gasteiger partial charge in [-0.25, -0.2) is 0 Å². The number of nitrogens with zero attached hydrogens (tertiary/aromatic N) is 1. The van der Waals surface area contributed by atoms with Gasteiger partial charge in [0, 0.05) is 19.6 Å². The van der Waals surface area contributed by atoms with Crippen molar-refractivity contribution in [2.75, 3.05) is 19.6 Å². The first kappa shape index (κ1) is 17.7. The zero-order chi connectivity index (χ0) is 13.6. The summed E-state index contributed by atoms with van der Waals surface area (Å²) in [5.41, 5.74) is 0. The van der Waals surface area contributed by atoms with E-state index in [2.05, 4.69) is 31.0 Å². The number of rotatable bonds is 11. The first-order valence-corrected chi connectivity index (χ1v) is 8.19. The summed E-state index contributed by atoms with van der Waals surface area (Å²) >= 11 is 5.45. The van der Waals surface area contributed by atoms with E-state index in [9.17, 15) is 0 Å². The summed E-state index contributed by atoms with van der Waals surface area (Å²) in [6.45, 7) is 9.80. The van der Waals surface area contributed by atoms with Crippen molar-refractivity contribution in [2.45, 2.75) is 72.1 Å². The molecule has 0 aromatic rings. The molecule has 3 heteroatoms. The van der Waals surface area contributed by atoms with Crippen LogP contribution in [0.15, 0.2) is 0 Å². The maximum absolute atomic E-state index is 5.45. The maximum atomic E-state index is 5.45. The molecule has 0 aliphatic rings. The van der Waals surface area contributed by atoms with Crippen LogP contribution in [0, 0.1) is 0 Å². The number of thiocarbonyl (C=S) groups is 1. The molecule has 0 aromatic carbocycles. The second kappa shape index (κ2) is 13.1. The van der Waals surface area contributed by atoms with Gasteiger partial charge >= 0.3 is 0 Å². The van der Waals surface area contributed by atoms with Crippen molar-refractivity contribution in [3.63, 3.8) is 0 Å². The topological polar surface area (TPSA) is 15.3 Å². The Morgan fingerprint density at radius 1 is 0.833 bits per heavy atom. The molecular formula is C15H32N2S. The summed E-state index contributed by atoms with van der Waals surface area (Å²) in [6.07, 6.45) is 10.5. The average Bonchev–Trinajstić information content (AvgIpc) is 2.37. The minimum absolute atomic E-state index is 0.930. The predicted octanol–water partition coefficient (Wildman–Crippen LogP) is 4.34. The maximum Gasteiger partial charge on any atom is 0.168 e. The number of unbranched alkanes of at least 4 members (excludes halogenated alkanes) is 6. The molecule has 1 N–H and O–H groups in total. The number of hydrogen-bond donors (Lipinski definition) is 1. The number of hydrogen-bond acceptors (Lipinski definition) is 1. The van der Waals surface area contributed by atoms with Crippen LogP contribution in [0.1, 0.15) is 72.1 Å². The van der Waals surface area contributed by atoms with Crippen LogP contribution < -0.4 is 5.32 Å². The van der Waals surface area contributed by atoms with E-state index in [0.29, 0.717) is 0 Å². The van der Waals surface area contributed by atoms with Gasteiger partial charge in [0.15, 0.2) is 5.11 Å². The van der Waals surface area contributed by atoms with Crippen LogP contribution in [-0.2, 0) is 0 Å². The lowest BCUT2D eigenvalue weighted by atomic mass is 10.2. The molecule has 18 heavy (non-hydrogen) atoms. The van der Waals surface area contributed by atoms with Gasteiger partial charge in [0.2, 0.25) is 0 Å². The van der Waals surface area contributed by atoms with Gasteiger partial charge in [0.1, 0.15) is 0 Å². The van der Waals surface area contributed by atoms with Crippen molar-refractivity contribution in [1.82, 2.24) is 10.2 Å². The molecule has 0 aliphatic heterocycles. The Morgan fingerprint density at radius 3 is 1.72 bits per heavy atom. The highest BCUT2D eigenvalue weighted by atomic mass is 32.1. The Kier molecular flexibility index (Phi) is 12.9. The standard InChI is InChI=1S/C15H32N2S/c1-4-7-9-11-13-17(15(18)16-6-3)14-12-10-8-5-2/h4-14H2,1-3H3,(H,16,18). The fraction of sp³-hybridized carbons (Fsp3) is 0.933. The Bertz CT molecular complexity index is 183. The molecular weight excluding hydrogens is 240 g/mol. The summed E-state index contributed by atoms with van der Waals surface area (Å²) in [6, 6.07) is 0. The van der Waals surface area contributed by atoms with Crippen LogP contribution in [0.25, 0.3) is 0 Å².